The van der Waals surface area contributed by atoms with Gasteiger partial charge in [0.2, 0.25) is 17.5 Å². The van der Waals surface area contributed by atoms with E-state index in [1.165, 1.54) is 0 Å². The molecule has 0 amide bonds. The molecule has 1 aromatic heterocycles. The lowest BCUT2D eigenvalue weighted by Gasteiger charge is -2.39. The zero-order valence-electron chi connectivity index (χ0n) is 32.9. The highest BCUT2D eigenvalue weighted by Crippen LogP contribution is 2.41. The first-order valence-electron chi connectivity index (χ1n) is 19.8. The van der Waals surface area contributed by atoms with Gasteiger partial charge in [0, 0.05) is 17.7 Å². The monoisotopic (exact) mass is 824 g/mol. The Labute approximate surface area is 351 Å². The average molecular weight is 825 g/mol. The summed E-state index contributed by atoms with van der Waals surface area (Å²) in [5, 5.41) is 42.2. The van der Waals surface area contributed by atoms with Gasteiger partial charge in [-0.05, 0) is 40.5 Å². The van der Waals surface area contributed by atoms with Gasteiger partial charge in [0.05, 0.1) is 6.61 Å². The van der Waals surface area contributed by atoms with Gasteiger partial charge < -0.3 is 53.3 Å². The number of aliphatic hydroxyl groups is 4. The van der Waals surface area contributed by atoms with Crippen LogP contribution in [0.1, 0.15) is 22.3 Å². The Morgan fingerprint density at radius 1 is 0.525 bits per heavy atom. The fourth-order valence-corrected chi connectivity index (χ4v) is 6.85. The molecular formula is C49H44O12. The Kier molecular flexibility index (Phi) is 12.9. The number of benzene rings is 6. The smallest absolute Gasteiger partial charge is 0.239 e. The van der Waals surface area contributed by atoms with Crippen LogP contribution in [0.4, 0.5) is 0 Å². The lowest BCUT2D eigenvalue weighted by molar-refractivity contribution is -0.277. The van der Waals surface area contributed by atoms with Crippen molar-refractivity contribution in [3.63, 3.8) is 0 Å². The maximum absolute atomic E-state index is 15.0. The van der Waals surface area contributed by atoms with Crippen molar-refractivity contribution in [2.75, 3.05) is 6.61 Å². The standard InChI is InChI=1S/C49H44O12/c50-26-41-43(51)45(53)46(54)49(60-41)61-48-44(52)42-39(58-30-34-19-11-4-12-20-34)24-36(55-27-31-13-5-1-6-14-31)25-40(42)59-47(48)35-21-22-37(56-28-32-15-7-2-8-16-32)38(23-35)57-29-33-17-9-3-10-18-33/h1-25,41,43,45-46,49-51,53-54H,26-30H2/t41-,43-,45+,46-,49+/m1/s1. The molecule has 1 saturated heterocycles. The van der Waals surface area contributed by atoms with Crippen LogP contribution in [0.25, 0.3) is 22.3 Å². The summed E-state index contributed by atoms with van der Waals surface area (Å²) in [6.45, 7) is 0.0307. The quantitative estimate of drug-likeness (QED) is 0.0793. The topological polar surface area (TPSA) is 167 Å². The van der Waals surface area contributed by atoms with Crippen molar-refractivity contribution in [2.24, 2.45) is 0 Å². The molecule has 0 unspecified atom stereocenters. The van der Waals surface area contributed by atoms with Crippen LogP contribution in [-0.4, -0.2) is 57.7 Å². The average Bonchev–Trinajstić information content (AvgIpc) is 3.31. The lowest BCUT2D eigenvalue weighted by Crippen LogP contribution is -2.60. The second-order valence-electron chi connectivity index (χ2n) is 14.5. The molecule has 12 nitrogen and oxygen atoms in total. The molecule has 6 aromatic carbocycles. The van der Waals surface area contributed by atoms with Crippen molar-refractivity contribution in [3.8, 4) is 40.1 Å². The molecule has 1 aliphatic rings. The fraction of sp³-hybridized carbons (Fsp3) is 0.204. The molecule has 12 heteroatoms. The molecule has 1 fully saturated rings. The molecule has 0 radical (unpaired) electrons. The largest absolute Gasteiger partial charge is 0.489 e. The Bertz CT molecular complexity index is 2570. The molecule has 61 heavy (non-hydrogen) atoms. The summed E-state index contributed by atoms with van der Waals surface area (Å²) in [6, 6.07) is 46.4. The molecule has 1 aliphatic heterocycles. The van der Waals surface area contributed by atoms with Crippen molar-refractivity contribution < 1.29 is 53.3 Å². The van der Waals surface area contributed by atoms with E-state index < -0.39 is 48.5 Å². The molecule has 0 saturated carbocycles. The van der Waals surface area contributed by atoms with Gasteiger partial charge in [-0.1, -0.05) is 121 Å². The van der Waals surface area contributed by atoms with Crippen LogP contribution < -0.4 is 29.1 Å². The van der Waals surface area contributed by atoms with Crippen molar-refractivity contribution in [1.82, 2.24) is 0 Å². The van der Waals surface area contributed by atoms with Crippen LogP contribution >= 0.6 is 0 Å². The molecular weight excluding hydrogens is 781 g/mol. The minimum atomic E-state index is -1.83. The number of ether oxygens (including phenoxy) is 6. The number of fused-ring (bicyclic) bond motifs is 1. The third kappa shape index (κ3) is 9.70. The molecule has 0 aliphatic carbocycles. The molecule has 2 heterocycles. The van der Waals surface area contributed by atoms with E-state index >= 15 is 0 Å². The normalized spacial score (nSPS) is 18.7. The van der Waals surface area contributed by atoms with Crippen molar-refractivity contribution >= 4 is 11.0 Å². The Balaban J connectivity index is 1.26. The Hall–Kier alpha value is -6.67. The van der Waals surface area contributed by atoms with E-state index in [4.69, 9.17) is 32.8 Å². The highest BCUT2D eigenvalue weighted by Gasteiger charge is 2.45. The Morgan fingerprint density at radius 2 is 1.03 bits per heavy atom. The maximum atomic E-state index is 15.0. The predicted octanol–water partition coefficient (Wildman–Crippen LogP) is 6.95. The SMILES string of the molecule is O=c1c(O[C@@H]2O[C@H](CO)[C@@H](O)[C@H](O)[C@H]2O)c(-c2ccc(OCc3ccccc3)c(OCc3ccccc3)c2)oc2cc(OCc3ccccc3)cc(OCc3ccccc3)c12. The van der Waals surface area contributed by atoms with Crippen LogP contribution in [-0.2, 0) is 31.2 Å². The van der Waals surface area contributed by atoms with E-state index in [1.54, 1.807) is 30.3 Å². The molecule has 4 N–H and O–H groups in total. The zero-order chi connectivity index (χ0) is 42.1. The Morgan fingerprint density at radius 3 is 1.57 bits per heavy atom. The second-order valence-corrected chi connectivity index (χ2v) is 14.5. The van der Waals surface area contributed by atoms with Gasteiger partial charge >= 0.3 is 0 Å². The first-order chi connectivity index (χ1) is 29.8. The predicted molar refractivity (Wildman–Crippen MR) is 225 cm³/mol. The fourth-order valence-electron chi connectivity index (χ4n) is 6.85. The summed E-state index contributed by atoms with van der Waals surface area (Å²) in [7, 11) is 0. The van der Waals surface area contributed by atoms with E-state index in [2.05, 4.69) is 0 Å². The highest BCUT2D eigenvalue weighted by atomic mass is 16.7. The summed E-state index contributed by atoms with van der Waals surface area (Å²) in [4.78, 5) is 15.0. The van der Waals surface area contributed by atoms with Crippen molar-refractivity contribution in [3.05, 3.63) is 184 Å². The molecule has 312 valence electrons. The van der Waals surface area contributed by atoms with Crippen molar-refractivity contribution in [1.29, 1.82) is 0 Å². The molecule has 5 atom stereocenters. The van der Waals surface area contributed by atoms with Crippen LogP contribution in [0.5, 0.6) is 28.7 Å². The van der Waals surface area contributed by atoms with E-state index in [-0.39, 0.29) is 48.9 Å². The van der Waals surface area contributed by atoms with Gasteiger partial charge in [0.25, 0.3) is 0 Å². The summed E-state index contributed by atoms with van der Waals surface area (Å²) in [5.74, 6) is 0.712. The van der Waals surface area contributed by atoms with Crippen LogP contribution in [0.15, 0.2) is 161 Å². The third-order valence-corrected chi connectivity index (χ3v) is 10.1. The summed E-state index contributed by atoms with van der Waals surface area (Å²) < 4.78 is 43.7. The van der Waals surface area contributed by atoms with Crippen LogP contribution in [0, 0.1) is 0 Å². The van der Waals surface area contributed by atoms with E-state index in [0.29, 0.717) is 22.8 Å². The number of hydrogen-bond donors (Lipinski definition) is 4. The van der Waals surface area contributed by atoms with E-state index in [1.807, 2.05) is 121 Å². The number of hydrogen-bond acceptors (Lipinski definition) is 12. The van der Waals surface area contributed by atoms with E-state index in [9.17, 15) is 25.2 Å². The number of aliphatic hydroxyl groups excluding tert-OH is 4. The minimum Gasteiger partial charge on any atom is -0.489 e. The summed E-state index contributed by atoms with van der Waals surface area (Å²) >= 11 is 0. The first kappa shape index (κ1) is 41.1. The lowest BCUT2D eigenvalue weighted by atomic mass is 9.99. The molecule has 8 rings (SSSR count). The van der Waals surface area contributed by atoms with Gasteiger partial charge in [0.1, 0.15) is 73.3 Å². The van der Waals surface area contributed by atoms with Crippen LogP contribution in [0.3, 0.4) is 0 Å². The van der Waals surface area contributed by atoms with Gasteiger partial charge in [-0.25, -0.2) is 0 Å². The molecule has 0 bridgehead atoms. The summed E-state index contributed by atoms with van der Waals surface area (Å²) in [5.41, 5.74) is 3.29. The van der Waals surface area contributed by atoms with Gasteiger partial charge in [0.15, 0.2) is 17.3 Å². The van der Waals surface area contributed by atoms with Crippen molar-refractivity contribution in [2.45, 2.75) is 57.1 Å². The second kappa shape index (κ2) is 19.1. The summed E-state index contributed by atoms with van der Waals surface area (Å²) in [6.07, 6.45) is -8.30. The third-order valence-electron chi connectivity index (χ3n) is 10.1. The van der Waals surface area contributed by atoms with Crippen LogP contribution in [0.2, 0.25) is 0 Å². The van der Waals surface area contributed by atoms with E-state index in [0.717, 1.165) is 22.3 Å². The minimum absolute atomic E-state index is 0.00491. The maximum Gasteiger partial charge on any atom is 0.239 e. The van der Waals surface area contributed by atoms with Gasteiger partial charge in [-0.15, -0.1) is 0 Å². The number of rotatable bonds is 16. The first-order valence-corrected chi connectivity index (χ1v) is 19.8. The van der Waals surface area contributed by atoms with Gasteiger partial charge in [-0.2, -0.15) is 0 Å². The zero-order valence-corrected chi connectivity index (χ0v) is 32.9. The highest BCUT2D eigenvalue weighted by molar-refractivity contribution is 5.89. The van der Waals surface area contributed by atoms with Gasteiger partial charge in [-0.3, -0.25) is 4.79 Å². The molecule has 7 aromatic rings. The molecule has 0 spiro atoms.